The van der Waals surface area contributed by atoms with Crippen molar-refractivity contribution in [3.63, 3.8) is 0 Å². The van der Waals surface area contributed by atoms with Crippen LogP contribution in [0.25, 0.3) is 0 Å². The Bertz CT molecular complexity index is 2200. The molecule has 0 saturated heterocycles. The number of thiazole rings is 1. The lowest BCUT2D eigenvalue weighted by Crippen LogP contribution is -1.96. The first kappa shape index (κ1) is 75.0. The molecule has 0 aliphatic heterocycles. The van der Waals surface area contributed by atoms with E-state index >= 15 is 0 Å². The third-order valence-corrected chi connectivity index (χ3v) is 18.9. The number of thioether (sulfide) groups is 1. The van der Waals surface area contributed by atoms with Gasteiger partial charge in [-0.25, -0.2) is 4.98 Å². The van der Waals surface area contributed by atoms with Gasteiger partial charge >= 0.3 is 0 Å². The Morgan fingerprint density at radius 3 is 1.45 bits per heavy atom. The molecule has 0 atom stereocenters. The average molecular weight is 1170 g/mol. The summed E-state index contributed by atoms with van der Waals surface area (Å²) in [6.07, 6.45) is 20.6. The molecule has 5 aromatic heterocycles. The first-order valence-electron chi connectivity index (χ1n) is 31.5. The van der Waals surface area contributed by atoms with Crippen LogP contribution in [-0.2, 0) is 38.5 Å². The predicted molar refractivity (Wildman–Crippen MR) is 368 cm³/mol. The summed E-state index contributed by atoms with van der Waals surface area (Å²) in [5.41, 5.74) is 10.0. The normalized spacial score (nSPS) is 11.4. The molecule has 1 aromatic carbocycles. The van der Waals surface area contributed by atoms with Crippen molar-refractivity contribution in [1.29, 1.82) is 0 Å². The second-order valence-corrected chi connectivity index (χ2v) is 31.5. The topological polar surface area (TPSA) is 41.6 Å². The molecule has 7 heteroatoms. The maximum absolute atomic E-state index is 4.39. The summed E-state index contributed by atoms with van der Waals surface area (Å²) in [7, 11) is 0. The van der Waals surface area contributed by atoms with Crippen molar-refractivity contribution in [1.82, 2.24) is 15.0 Å². The van der Waals surface area contributed by atoms with Crippen LogP contribution in [0.3, 0.4) is 0 Å². The summed E-state index contributed by atoms with van der Waals surface area (Å²) in [6.45, 7) is 54.2. The fourth-order valence-corrected chi connectivity index (χ4v) is 12.0. The number of benzene rings is 1. The van der Waals surface area contributed by atoms with E-state index in [4.69, 9.17) is 0 Å². The smallest absolute Gasteiger partial charge is 0.150 e. The van der Waals surface area contributed by atoms with Crippen molar-refractivity contribution in [3.05, 3.63) is 143 Å². The lowest BCUT2D eigenvalue weighted by molar-refractivity contribution is 0.585. The van der Waals surface area contributed by atoms with Crippen LogP contribution < -0.4 is 0 Å². The van der Waals surface area contributed by atoms with E-state index in [0.717, 1.165) is 54.3 Å². The van der Waals surface area contributed by atoms with Gasteiger partial charge < -0.3 is 4.98 Å². The van der Waals surface area contributed by atoms with E-state index in [9.17, 15) is 0 Å². The molecule has 0 aliphatic rings. The zero-order valence-electron chi connectivity index (χ0n) is 55.8. The van der Waals surface area contributed by atoms with Gasteiger partial charge in [0.1, 0.15) is 4.34 Å². The summed E-state index contributed by atoms with van der Waals surface area (Å²) < 4.78 is 1.22. The minimum Gasteiger partial charge on any atom is -0.365 e. The van der Waals surface area contributed by atoms with Crippen LogP contribution in [-0.4, -0.2) is 20.7 Å². The number of thiophene rings is 2. The van der Waals surface area contributed by atoms with Gasteiger partial charge in [0.25, 0.3) is 0 Å². The summed E-state index contributed by atoms with van der Waals surface area (Å²) in [6, 6.07) is 20.6. The molecule has 0 bridgehead atoms. The Morgan fingerprint density at radius 1 is 0.425 bits per heavy atom. The highest BCUT2D eigenvalue weighted by Gasteiger charge is 2.09. The van der Waals surface area contributed by atoms with E-state index in [1.54, 1.807) is 4.88 Å². The van der Waals surface area contributed by atoms with Crippen molar-refractivity contribution in [3.8, 4) is 0 Å². The van der Waals surface area contributed by atoms with Crippen molar-refractivity contribution < 1.29 is 0 Å². The quantitative estimate of drug-likeness (QED) is 0.0614. The number of nitrogens with one attached hydrogen (secondary N) is 1. The van der Waals surface area contributed by atoms with Gasteiger partial charge in [0.15, 0.2) is 0 Å². The van der Waals surface area contributed by atoms with Gasteiger partial charge in [0.2, 0.25) is 0 Å². The highest BCUT2D eigenvalue weighted by molar-refractivity contribution is 8.01. The molecule has 0 radical (unpaired) electrons. The molecule has 0 unspecified atom stereocenters. The van der Waals surface area contributed by atoms with Gasteiger partial charge in [-0.2, -0.15) is 0 Å². The fourth-order valence-electron chi connectivity index (χ4n) is 8.01. The molecule has 1 N–H and O–H groups in total. The van der Waals surface area contributed by atoms with E-state index in [-0.39, 0.29) is 0 Å². The number of aryl methyl sites for hydroxylation is 4. The molecular formula is C73H121N3S4. The number of hydrogen-bond acceptors (Lipinski definition) is 6. The van der Waals surface area contributed by atoms with Crippen molar-refractivity contribution in [2.45, 2.75) is 264 Å². The lowest BCUT2D eigenvalue weighted by atomic mass is 9.97. The minimum absolute atomic E-state index is 0.585. The molecule has 0 aliphatic carbocycles. The van der Waals surface area contributed by atoms with Crippen LogP contribution in [0.1, 0.15) is 280 Å². The first-order chi connectivity index (χ1) is 37.5. The maximum Gasteiger partial charge on any atom is 0.150 e. The largest absolute Gasteiger partial charge is 0.365 e. The molecule has 6 rings (SSSR count). The molecule has 5 heterocycles. The van der Waals surface area contributed by atoms with E-state index in [1.807, 2.05) is 64.4 Å². The molecule has 0 amide bonds. The second kappa shape index (κ2) is 41.9. The number of aromatic nitrogens is 3. The number of aromatic amines is 1. The molecule has 0 fully saturated rings. The first-order valence-corrected chi connectivity index (χ1v) is 35.0. The molecule has 0 saturated carbocycles. The van der Waals surface area contributed by atoms with Gasteiger partial charge in [-0.05, 0) is 198 Å². The monoisotopic (exact) mass is 1170 g/mol. The van der Waals surface area contributed by atoms with Crippen molar-refractivity contribution >= 4 is 45.8 Å². The van der Waals surface area contributed by atoms with Crippen LogP contribution in [0.4, 0.5) is 0 Å². The fraction of sp³-hybridized carbons (Fsp3) is 0.644. The van der Waals surface area contributed by atoms with Gasteiger partial charge in [0, 0.05) is 55.7 Å². The molecule has 80 heavy (non-hydrogen) atoms. The van der Waals surface area contributed by atoms with E-state index in [2.05, 4.69) is 247 Å². The van der Waals surface area contributed by atoms with Gasteiger partial charge in [-0.1, -0.05) is 208 Å². The van der Waals surface area contributed by atoms with Gasteiger partial charge in [-0.3, -0.25) is 4.98 Å². The van der Waals surface area contributed by atoms with E-state index in [1.165, 1.54) is 115 Å². The summed E-state index contributed by atoms with van der Waals surface area (Å²) in [5, 5.41) is 2.32. The van der Waals surface area contributed by atoms with Gasteiger partial charge in [0.05, 0.1) is 0 Å². The molecule has 6 aromatic rings. The number of H-pyrrole nitrogens is 1. The number of pyridine rings is 1. The SMILES string of the molecule is CC(C)CCc1ccc(C(C)C)s1.CC(C)CCc1cccc(C(C)C)c1.CC(C)CCc1cncc(C(C)C)c1.CC(C)CCc1csc(C(C)C)c1.CC(C)CSc1ncc(C(C)C)s1.CC(C)Cc1c[nH]c(CC(C)C)c1. The van der Waals surface area contributed by atoms with Crippen molar-refractivity contribution in [2.24, 2.45) is 41.4 Å². The Kier molecular flexibility index (Phi) is 39.3. The molecular weight excluding hydrogens is 1050 g/mol. The zero-order valence-corrected chi connectivity index (χ0v) is 59.1. The Balaban J connectivity index is 0.000000480. The number of hydrogen-bond donors (Lipinski definition) is 1. The third-order valence-electron chi connectivity index (χ3n) is 13.3. The predicted octanol–water partition coefficient (Wildman–Crippen LogP) is 24.5. The summed E-state index contributed by atoms with van der Waals surface area (Å²) in [5.74, 6) is 9.87. The summed E-state index contributed by atoms with van der Waals surface area (Å²) in [4.78, 5) is 18.0. The molecule has 452 valence electrons. The van der Waals surface area contributed by atoms with Crippen molar-refractivity contribution in [2.75, 3.05) is 5.75 Å². The Morgan fingerprint density at radius 2 is 0.963 bits per heavy atom. The Hall–Kier alpha value is -2.97. The van der Waals surface area contributed by atoms with Crippen LogP contribution in [0.15, 0.2) is 89.1 Å². The standard InChI is InChI=1S/C14H22.C13H21N.C12H21N.2C12H20S.C10H17NS2/c1-11(2)8-9-13-6-5-7-14(10-13)12(3)4;1-10(2)5-6-12-7-13(11(3)4)9-14-8-12;1-9(2)5-11-7-12(13-8-11)6-10(3)4;1-9(2)5-6-11-7-12(10(3)4)13-8-11;1-9(2)5-6-11-7-8-12(13-11)10(3)4;1-7(2)6-12-10-11-5-9(13-10)8(3)4/h5-7,10-12H,8-9H2,1-4H3;7-11H,5-6H2,1-4H3;7-10,13H,5-6H2,1-4H3;2*7-10H,5-6H2,1-4H3;5,7-8H,6H2,1-4H3. The molecule has 0 spiro atoms. The number of rotatable bonds is 24. The van der Waals surface area contributed by atoms with Gasteiger partial charge in [-0.15, -0.1) is 34.0 Å². The summed E-state index contributed by atoms with van der Waals surface area (Å²) >= 11 is 7.60. The van der Waals surface area contributed by atoms with Crippen LogP contribution in [0.5, 0.6) is 0 Å². The highest BCUT2D eigenvalue weighted by Crippen LogP contribution is 2.30. The lowest BCUT2D eigenvalue weighted by Gasteiger charge is -2.09. The third kappa shape index (κ3) is 36.6. The average Bonchev–Trinajstić information content (AvgIpc) is 4.23. The highest BCUT2D eigenvalue weighted by atomic mass is 32.2. The van der Waals surface area contributed by atoms with E-state index in [0.29, 0.717) is 29.6 Å². The zero-order chi connectivity index (χ0) is 60.5. The van der Waals surface area contributed by atoms with E-state index < -0.39 is 0 Å². The minimum atomic E-state index is 0.585. The number of nitrogens with zero attached hydrogens (tertiary/aromatic N) is 2. The van der Waals surface area contributed by atoms with Crippen LogP contribution in [0.2, 0.25) is 0 Å². The molecule has 3 nitrogen and oxygen atoms in total. The maximum atomic E-state index is 4.39. The Labute approximate surface area is 512 Å². The second-order valence-electron chi connectivity index (χ2n) is 27.0. The van der Waals surface area contributed by atoms with Crippen LogP contribution >= 0.6 is 45.8 Å². The van der Waals surface area contributed by atoms with Crippen LogP contribution in [0, 0.1) is 41.4 Å².